The van der Waals surface area contributed by atoms with E-state index in [4.69, 9.17) is 4.74 Å². The molecule has 0 spiro atoms. The van der Waals surface area contributed by atoms with Gasteiger partial charge in [0.25, 0.3) is 0 Å². The summed E-state index contributed by atoms with van der Waals surface area (Å²) in [5, 5.41) is 3.14. The maximum absolute atomic E-state index is 13.0. The molecule has 0 saturated carbocycles. The van der Waals surface area contributed by atoms with Gasteiger partial charge in [-0.25, -0.2) is 0 Å². The van der Waals surface area contributed by atoms with Crippen LogP contribution >= 0.6 is 11.8 Å². The fourth-order valence-corrected chi connectivity index (χ4v) is 4.30. The van der Waals surface area contributed by atoms with Gasteiger partial charge in [0.15, 0.2) is 0 Å². The summed E-state index contributed by atoms with van der Waals surface area (Å²) in [5.74, 6) is 2.63. The molecule has 3 rings (SSSR count). The molecule has 2 aromatic carbocycles. The Labute approximate surface area is 184 Å². The average Bonchev–Trinajstić information content (AvgIpc) is 3.17. The number of thioether (sulfide) groups is 1. The van der Waals surface area contributed by atoms with Gasteiger partial charge in [-0.3, -0.25) is 4.79 Å². The van der Waals surface area contributed by atoms with Gasteiger partial charge in [-0.05, 0) is 60.1 Å². The molecule has 3 nitrogen and oxygen atoms in total. The minimum Gasteiger partial charge on any atom is -0.497 e. The largest absolute Gasteiger partial charge is 0.497 e. The van der Waals surface area contributed by atoms with Crippen LogP contribution < -0.4 is 5.32 Å². The number of carbonyl (C=O) groups is 1. The highest BCUT2D eigenvalue weighted by atomic mass is 32.2. The van der Waals surface area contributed by atoms with Gasteiger partial charge in [0, 0.05) is 12.0 Å². The number of fused-ring (bicyclic) bond motifs is 1. The molecule has 1 aliphatic carbocycles. The fraction of sp³-hybridized carbons (Fsp3) is 0.346. The minimum absolute atomic E-state index is 0.0320. The van der Waals surface area contributed by atoms with Crippen LogP contribution in [-0.2, 0) is 16.0 Å². The lowest BCUT2D eigenvalue weighted by atomic mass is 9.99. The lowest BCUT2D eigenvalue weighted by Crippen LogP contribution is -2.38. The van der Waals surface area contributed by atoms with Crippen LogP contribution in [0.25, 0.3) is 17.2 Å². The van der Waals surface area contributed by atoms with Crippen LogP contribution in [0.1, 0.15) is 37.0 Å². The summed E-state index contributed by atoms with van der Waals surface area (Å²) >= 11 is 1.86. The van der Waals surface area contributed by atoms with Gasteiger partial charge in [0.1, 0.15) is 5.76 Å². The van der Waals surface area contributed by atoms with Crippen molar-refractivity contribution >= 4 is 23.7 Å². The standard InChI is InChI=1S/C26H31NO2S/c1-5-29-19(4)25(13-14-30-6-2)27-26(28)24-16-22-12-11-21(15-23(22)17-24)20-9-7-18(3)8-10-20/h7-12,15-16,25H,4-6,13-14,17H2,1-3H3,(H,27,28). The summed E-state index contributed by atoms with van der Waals surface area (Å²) in [4.78, 5) is 13.0. The summed E-state index contributed by atoms with van der Waals surface area (Å²) in [6.45, 7) is 10.8. The Bertz CT molecular complexity index is 931. The monoisotopic (exact) mass is 421 g/mol. The van der Waals surface area contributed by atoms with Gasteiger partial charge in [-0.15, -0.1) is 0 Å². The Balaban J connectivity index is 1.68. The lowest BCUT2D eigenvalue weighted by molar-refractivity contribution is -0.118. The first-order valence-corrected chi connectivity index (χ1v) is 11.8. The first-order valence-electron chi connectivity index (χ1n) is 10.6. The molecule has 4 heteroatoms. The molecule has 30 heavy (non-hydrogen) atoms. The van der Waals surface area contributed by atoms with Gasteiger partial charge < -0.3 is 10.1 Å². The zero-order chi connectivity index (χ0) is 21.5. The van der Waals surface area contributed by atoms with Crippen LogP contribution in [-0.4, -0.2) is 30.1 Å². The zero-order valence-electron chi connectivity index (χ0n) is 18.2. The lowest BCUT2D eigenvalue weighted by Gasteiger charge is -2.21. The molecule has 0 heterocycles. The van der Waals surface area contributed by atoms with E-state index in [1.165, 1.54) is 22.3 Å². The molecule has 1 amide bonds. The van der Waals surface area contributed by atoms with Crippen molar-refractivity contribution in [2.24, 2.45) is 0 Å². The molecule has 0 bridgehead atoms. The Morgan fingerprint density at radius 1 is 1.17 bits per heavy atom. The highest BCUT2D eigenvalue weighted by molar-refractivity contribution is 7.99. The van der Waals surface area contributed by atoms with Gasteiger partial charge in [-0.2, -0.15) is 11.8 Å². The van der Waals surface area contributed by atoms with E-state index in [0.717, 1.165) is 29.1 Å². The molecule has 0 aliphatic heterocycles. The highest BCUT2D eigenvalue weighted by Crippen LogP contribution is 2.30. The van der Waals surface area contributed by atoms with Crippen LogP contribution in [0.4, 0.5) is 0 Å². The second-order valence-corrected chi connectivity index (χ2v) is 8.93. The summed E-state index contributed by atoms with van der Waals surface area (Å²) < 4.78 is 5.60. The minimum atomic E-state index is -0.163. The predicted molar refractivity (Wildman–Crippen MR) is 129 cm³/mol. The first-order chi connectivity index (χ1) is 14.5. The van der Waals surface area contributed by atoms with Crippen molar-refractivity contribution in [2.75, 3.05) is 18.1 Å². The molecular weight excluding hydrogens is 390 g/mol. The van der Waals surface area contributed by atoms with Crippen LogP contribution in [0.3, 0.4) is 0 Å². The van der Waals surface area contributed by atoms with Crippen molar-refractivity contribution in [1.29, 1.82) is 0 Å². The van der Waals surface area contributed by atoms with E-state index in [9.17, 15) is 4.79 Å². The van der Waals surface area contributed by atoms with E-state index >= 15 is 0 Å². The Morgan fingerprint density at radius 2 is 1.90 bits per heavy atom. The number of amides is 1. The SMILES string of the molecule is C=C(OCC)C(CCSCC)NC(=O)C1=Cc2ccc(-c3ccc(C)cc3)cc2C1. The van der Waals surface area contributed by atoms with Crippen LogP contribution in [0.5, 0.6) is 0 Å². The van der Waals surface area contributed by atoms with Crippen molar-refractivity contribution in [1.82, 2.24) is 5.32 Å². The van der Waals surface area contributed by atoms with Gasteiger partial charge >= 0.3 is 0 Å². The molecule has 0 fully saturated rings. The quantitative estimate of drug-likeness (QED) is 0.390. The highest BCUT2D eigenvalue weighted by Gasteiger charge is 2.23. The van der Waals surface area contributed by atoms with Crippen molar-refractivity contribution in [3.63, 3.8) is 0 Å². The zero-order valence-corrected chi connectivity index (χ0v) is 19.0. The van der Waals surface area contributed by atoms with Crippen molar-refractivity contribution in [3.05, 3.63) is 77.1 Å². The maximum Gasteiger partial charge on any atom is 0.248 e. The third-order valence-corrected chi connectivity index (χ3v) is 6.24. The molecule has 1 aliphatic rings. The van der Waals surface area contributed by atoms with Crippen LogP contribution in [0.15, 0.2) is 60.4 Å². The summed E-state index contributed by atoms with van der Waals surface area (Å²) in [6, 6.07) is 14.8. The third kappa shape index (κ3) is 5.57. The summed E-state index contributed by atoms with van der Waals surface area (Å²) in [5.41, 5.74) is 6.74. The molecule has 0 saturated heterocycles. The van der Waals surface area contributed by atoms with Gasteiger partial charge in [0.05, 0.1) is 12.6 Å². The van der Waals surface area contributed by atoms with Crippen LogP contribution in [0.2, 0.25) is 0 Å². The normalized spacial score (nSPS) is 13.4. The van der Waals surface area contributed by atoms with Crippen molar-refractivity contribution in [2.45, 2.75) is 39.7 Å². The van der Waals surface area contributed by atoms with E-state index in [1.807, 2.05) is 24.8 Å². The smallest absolute Gasteiger partial charge is 0.248 e. The molecule has 0 aromatic heterocycles. The number of rotatable bonds is 10. The number of ether oxygens (including phenoxy) is 1. The Kier molecular flexibility index (Phi) is 7.81. The number of hydrogen-bond acceptors (Lipinski definition) is 3. The molecule has 158 valence electrons. The van der Waals surface area contributed by atoms with Crippen LogP contribution in [0, 0.1) is 6.92 Å². The van der Waals surface area contributed by atoms with E-state index in [1.54, 1.807) is 0 Å². The summed E-state index contributed by atoms with van der Waals surface area (Å²) in [7, 11) is 0. The van der Waals surface area contributed by atoms with E-state index in [-0.39, 0.29) is 11.9 Å². The van der Waals surface area contributed by atoms with E-state index in [2.05, 4.69) is 68.2 Å². The number of benzene rings is 2. The van der Waals surface area contributed by atoms with E-state index in [0.29, 0.717) is 18.8 Å². The second kappa shape index (κ2) is 10.5. The number of nitrogens with one attached hydrogen (secondary N) is 1. The Hall–Kier alpha value is -2.46. The van der Waals surface area contributed by atoms with Crippen molar-refractivity contribution < 1.29 is 9.53 Å². The molecular formula is C26H31NO2S. The first kappa shape index (κ1) is 22.2. The topological polar surface area (TPSA) is 38.3 Å². The summed E-state index contributed by atoms with van der Waals surface area (Å²) in [6.07, 6.45) is 3.48. The van der Waals surface area contributed by atoms with Gasteiger partial charge in [0.2, 0.25) is 5.91 Å². The molecule has 0 radical (unpaired) electrons. The fourth-order valence-electron chi connectivity index (χ4n) is 3.61. The number of aryl methyl sites for hydroxylation is 1. The molecule has 1 atom stereocenters. The second-order valence-electron chi connectivity index (χ2n) is 7.54. The van der Waals surface area contributed by atoms with E-state index < -0.39 is 0 Å². The number of carbonyl (C=O) groups excluding carboxylic acids is 1. The van der Waals surface area contributed by atoms with Crippen molar-refractivity contribution in [3.8, 4) is 11.1 Å². The molecule has 2 aromatic rings. The third-order valence-electron chi connectivity index (χ3n) is 5.31. The number of hydrogen-bond donors (Lipinski definition) is 1. The molecule has 1 unspecified atom stereocenters. The average molecular weight is 422 g/mol. The molecule has 1 N–H and O–H groups in total. The van der Waals surface area contributed by atoms with Gasteiger partial charge in [-0.1, -0.05) is 61.5 Å². The maximum atomic E-state index is 13.0. The predicted octanol–water partition coefficient (Wildman–Crippen LogP) is 5.78. The Morgan fingerprint density at radius 3 is 2.60 bits per heavy atom.